The van der Waals surface area contributed by atoms with E-state index in [1.54, 1.807) is 31.4 Å². The van der Waals surface area contributed by atoms with Crippen molar-refractivity contribution in [3.05, 3.63) is 81.2 Å². The second-order valence-electron chi connectivity index (χ2n) is 6.08. The smallest absolute Gasteiger partial charge is 0.275 e. The van der Waals surface area contributed by atoms with Crippen LogP contribution in [0.15, 0.2) is 59.4 Å². The third kappa shape index (κ3) is 3.98. The van der Waals surface area contributed by atoms with Crippen LogP contribution in [0.2, 0.25) is 5.02 Å². The fraction of sp³-hybridized carbons (Fsp3) is 0.100. The summed E-state index contributed by atoms with van der Waals surface area (Å²) in [4.78, 5) is 29.6. The maximum absolute atomic E-state index is 12.4. The SMILES string of the molecule is COc1ccc(-c2nn3c(=O)cc(CNC(=O)c4ccccc4Cl)nc3s2)cc1. The number of carbonyl (C=O) groups excluding carboxylic acids is 1. The zero-order valence-electron chi connectivity index (χ0n) is 15.3. The van der Waals surface area contributed by atoms with Gasteiger partial charge in [0.25, 0.3) is 11.5 Å². The van der Waals surface area contributed by atoms with Crippen LogP contribution in [0.4, 0.5) is 0 Å². The molecule has 0 unspecified atom stereocenters. The van der Waals surface area contributed by atoms with Crippen molar-refractivity contribution in [2.45, 2.75) is 6.54 Å². The molecule has 7 nitrogen and oxygen atoms in total. The molecule has 4 aromatic rings. The number of benzene rings is 2. The first-order chi connectivity index (χ1) is 14.0. The Balaban J connectivity index is 1.57. The summed E-state index contributed by atoms with van der Waals surface area (Å²) in [6, 6.07) is 15.5. The van der Waals surface area contributed by atoms with Crippen molar-refractivity contribution in [1.82, 2.24) is 19.9 Å². The largest absolute Gasteiger partial charge is 0.497 e. The molecule has 0 saturated carbocycles. The minimum absolute atomic E-state index is 0.103. The highest BCUT2D eigenvalue weighted by Gasteiger charge is 2.13. The van der Waals surface area contributed by atoms with Crippen molar-refractivity contribution in [2.75, 3.05) is 7.11 Å². The monoisotopic (exact) mass is 426 g/mol. The highest BCUT2D eigenvalue weighted by Crippen LogP contribution is 2.26. The first-order valence-electron chi connectivity index (χ1n) is 8.62. The molecule has 0 spiro atoms. The van der Waals surface area contributed by atoms with Crippen LogP contribution in [0.3, 0.4) is 0 Å². The van der Waals surface area contributed by atoms with Crippen LogP contribution >= 0.6 is 22.9 Å². The van der Waals surface area contributed by atoms with Crippen LogP contribution in [-0.4, -0.2) is 27.6 Å². The van der Waals surface area contributed by atoms with Crippen LogP contribution in [0.1, 0.15) is 16.1 Å². The van der Waals surface area contributed by atoms with E-state index in [0.717, 1.165) is 11.3 Å². The zero-order chi connectivity index (χ0) is 20.4. The number of nitrogens with one attached hydrogen (secondary N) is 1. The van der Waals surface area contributed by atoms with Crippen LogP contribution in [0.5, 0.6) is 5.75 Å². The molecular weight excluding hydrogens is 412 g/mol. The molecule has 0 radical (unpaired) electrons. The van der Waals surface area contributed by atoms with Gasteiger partial charge in [0, 0.05) is 11.6 Å². The van der Waals surface area contributed by atoms with Crippen LogP contribution in [0, 0.1) is 0 Å². The highest BCUT2D eigenvalue weighted by atomic mass is 35.5. The van der Waals surface area contributed by atoms with Gasteiger partial charge in [-0.15, -0.1) is 0 Å². The van der Waals surface area contributed by atoms with Crippen LogP contribution in [-0.2, 0) is 6.54 Å². The number of halogens is 1. The highest BCUT2D eigenvalue weighted by molar-refractivity contribution is 7.19. The Morgan fingerprint density at radius 2 is 1.97 bits per heavy atom. The average molecular weight is 427 g/mol. The van der Waals surface area contributed by atoms with Gasteiger partial charge in [-0.3, -0.25) is 9.59 Å². The molecule has 2 aromatic carbocycles. The summed E-state index contributed by atoms with van der Waals surface area (Å²) in [7, 11) is 1.60. The number of hydrogen-bond donors (Lipinski definition) is 1. The van der Waals surface area contributed by atoms with Gasteiger partial charge < -0.3 is 10.1 Å². The van der Waals surface area contributed by atoms with E-state index in [1.165, 1.54) is 21.9 Å². The van der Waals surface area contributed by atoms with Gasteiger partial charge in [0.2, 0.25) is 4.96 Å². The summed E-state index contributed by atoms with van der Waals surface area (Å²) in [5.74, 6) is 0.405. The Labute approximate surface area is 174 Å². The Morgan fingerprint density at radius 3 is 2.69 bits per heavy atom. The molecule has 146 valence electrons. The summed E-state index contributed by atoms with van der Waals surface area (Å²) in [5, 5.41) is 8.11. The molecule has 0 aliphatic carbocycles. The number of aromatic nitrogens is 3. The lowest BCUT2D eigenvalue weighted by molar-refractivity contribution is 0.0950. The molecule has 9 heteroatoms. The predicted octanol–water partition coefficient (Wildman–Crippen LogP) is 3.41. The van der Waals surface area contributed by atoms with Crippen molar-refractivity contribution in [2.24, 2.45) is 0 Å². The first-order valence-corrected chi connectivity index (χ1v) is 9.81. The van der Waals surface area contributed by atoms with Crippen LogP contribution in [0.25, 0.3) is 15.5 Å². The van der Waals surface area contributed by atoms with Gasteiger partial charge >= 0.3 is 0 Å². The van der Waals surface area contributed by atoms with E-state index in [4.69, 9.17) is 16.3 Å². The third-order valence-corrected chi connectivity index (χ3v) is 5.47. The molecule has 1 amide bonds. The molecule has 0 aliphatic rings. The van der Waals surface area contributed by atoms with Gasteiger partial charge in [0.1, 0.15) is 10.8 Å². The summed E-state index contributed by atoms with van der Waals surface area (Å²) in [5.41, 5.74) is 1.36. The Bertz CT molecular complexity index is 1250. The van der Waals surface area contributed by atoms with Gasteiger partial charge in [-0.25, -0.2) is 4.98 Å². The van der Waals surface area contributed by atoms with Gasteiger partial charge in [0.05, 0.1) is 29.9 Å². The van der Waals surface area contributed by atoms with E-state index in [1.807, 2.05) is 24.3 Å². The molecule has 4 rings (SSSR count). The lowest BCUT2D eigenvalue weighted by Gasteiger charge is -2.06. The zero-order valence-corrected chi connectivity index (χ0v) is 16.8. The maximum atomic E-state index is 12.4. The van der Waals surface area contributed by atoms with E-state index in [0.29, 0.717) is 26.2 Å². The summed E-state index contributed by atoms with van der Waals surface area (Å²) < 4.78 is 6.41. The standard InChI is InChI=1S/C20H15ClN4O3S/c1-28-14-8-6-12(7-9-14)19-24-25-17(26)10-13(23-20(25)29-19)11-22-18(27)15-4-2-3-5-16(15)21/h2-10H,11H2,1H3,(H,22,27). The van der Waals surface area contributed by atoms with Crippen LogP contribution < -0.4 is 15.6 Å². The number of fused-ring (bicyclic) bond motifs is 1. The summed E-state index contributed by atoms with van der Waals surface area (Å²) in [6.45, 7) is 0.103. The molecule has 0 aliphatic heterocycles. The van der Waals surface area contributed by atoms with Gasteiger partial charge in [0.15, 0.2) is 0 Å². The lowest BCUT2D eigenvalue weighted by atomic mass is 10.2. The predicted molar refractivity (Wildman–Crippen MR) is 112 cm³/mol. The van der Waals surface area contributed by atoms with E-state index in [9.17, 15) is 9.59 Å². The number of ether oxygens (including phenoxy) is 1. The van der Waals surface area contributed by atoms with Crippen molar-refractivity contribution in [3.8, 4) is 16.3 Å². The molecule has 29 heavy (non-hydrogen) atoms. The second-order valence-corrected chi connectivity index (χ2v) is 7.44. The minimum atomic E-state index is -0.333. The Morgan fingerprint density at radius 1 is 1.21 bits per heavy atom. The fourth-order valence-corrected chi connectivity index (χ4v) is 3.86. The van der Waals surface area contributed by atoms with Gasteiger partial charge in [-0.2, -0.15) is 9.61 Å². The average Bonchev–Trinajstić information content (AvgIpc) is 3.17. The maximum Gasteiger partial charge on any atom is 0.275 e. The molecule has 0 atom stereocenters. The molecule has 0 bridgehead atoms. The summed E-state index contributed by atoms with van der Waals surface area (Å²) in [6.07, 6.45) is 0. The normalized spacial score (nSPS) is 10.8. The molecule has 1 N–H and O–H groups in total. The fourth-order valence-electron chi connectivity index (χ4n) is 2.71. The van der Waals surface area contributed by atoms with E-state index in [2.05, 4.69) is 15.4 Å². The molecule has 2 aromatic heterocycles. The number of methoxy groups -OCH3 is 1. The number of carbonyl (C=O) groups is 1. The second kappa shape index (κ2) is 8.02. The molecule has 0 saturated heterocycles. The Hall–Kier alpha value is -3.23. The summed E-state index contributed by atoms with van der Waals surface area (Å²) >= 11 is 7.33. The quantitative estimate of drug-likeness (QED) is 0.528. The number of hydrogen-bond acceptors (Lipinski definition) is 6. The van der Waals surface area contributed by atoms with E-state index in [-0.39, 0.29) is 18.0 Å². The topological polar surface area (TPSA) is 85.6 Å². The minimum Gasteiger partial charge on any atom is -0.497 e. The van der Waals surface area contributed by atoms with Gasteiger partial charge in [-0.05, 0) is 36.4 Å². The number of amides is 1. The van der Waals surface area contributed by atoms with E-state index >= 15 is 0 Å². The van der Waals surface area contributed by atoms with Crippen molar-refractivity contribution < 1.29 is 9.53 Å². The lowest BCUT2D eigenvalue weighted by Crippen LogP contribution is -2.25. The van der Waals surface area contributed by atoms with E-state index < -0.39 is 0 Å². The van der Waals surface area contributed by atoms with Crippen molar-refractivity contribution in [3.63, 3.8) is 0 Å². The Kier molecular flexibility index (Phi) is 5.28. The molecular formula is C20H15ClN4O3S. The molecule has 2 heterocycles. The van der Waals surface area contributed by atoms with Crippen molar-refractivity contribution in [1.29, 1.82) is 0 Å². The molecule has 0 fully saturated rings. The number of rotatable bonds is 5. The van der Waals surface area contributed by atoms with Crippen molar-refractivity contribution >= 4 is 33.8 Å². The van der Waals surface area contributed by atoms with Gasteiger partial charge in [-0.1, -0.05) is 35.1 Å². The number of nitrogens with zero attached hydrogens (tertiary/aromatic N) is 3. The third-order valence-electron chi connectivity index (χ3n) is 4.18. The first kappa shape index (κ1) is 19.1.